The van der Waals surface area contributed by atoms with E-state index in [1.165, 1.54) is 36.1 Å². The maximum Gasteiger partial charge on any atom is 0.0945 e. The van der Waals surface area contributed by atoms with Crippen LogP contribution in [-0.2, 0) is 23.5 Å². The number of thiol groups is 1. The molecule has 0 bridgehead atoms. The van der Waals surface area contributed by atoms with Crippen LogP contribution in [0.25, 0.3) is 0 Å². The molecule has 1 saturated heterocycles. The van der Waals surface area contributed by atoms with Crippen LogP contribution in [0.15, 0.2) is 0 Å². The van der Waals surface area contributed by atoms with Crippen molar-refractivity contribution in [1.29, 1.82) is 0 Å². The highest BCUT2D eigenvalue weighted by Crippen LogP contribution is 2.22. The van der Waals surface area contributed by atoms with Gasteiger partial charge in [-0.1, -0.05) is 0 Å². The summed E-state index contributed by atoms with van der Waals surface area (Å²) in [5.74, 6) is 0.755. The van der Waals surface area contributed by atoms with Gasteiger partial charge in [0.05, 0.1) is 17.3 Å². The molecule has 1 aliphatic rings. The van der Waals surface area contributed by atoms with Gasteiger partial charge in [0.1, 0.15) is 0 Å². The molecule has 0 spiro atoms. The van der Waals surface area contributed by atoms with Gasteiger partial charge in [0, 0.05) is 56.9 Å². The zero-order valence-electron chi connectivity index (χ0n) is 11.8. The second-order valence-electron chi connectivity index (χ2n) is 4.96. The first-order valence-corrected chi connectivity index (χ1v) is 8.16. The zero-order chi connectivity index (χ0) is 13.7. The van der Waals surface area contributed by atoms with E-state index in [0.717, 1.165) is 24.4 Å². The Morgan fingerprint density at radius 1 is 1.32 bits per heavy atom. The smallest absolute Gasteiger partial charge is 0.0945 e. The summed E-state index contributed by atoms with van der Waals surface area (Å²) in [5.41, 5.74) is 1.07. The summed E-state index contributed by atoms with van der Waals surface area (Å²) in [4.78, 5) is 10.8. The van der Waals surface area contributed by atoms with Crippen LogP contribution in [0.5, 0.6) is 0 Å². The lowest BCUT2D eigenvalue weighted by atomic mass is 10.3. The Morgan fingerprint density at radius 2 is 2.05 bits per heavy atom. The number of piperazine rings is 1. The first-order valence-electron chi connectivity index (χ1n) is 6.71. The normalized spacial score (nSPS) is 18.1. The number of nitrogens with zero attached hydrogens (tertiary/aromatic N) is 3. The summed E-state index contributed by atoms with van der Waals surface area (Å²) >= 11 is 6.15. The van der Waals surface area contributed by atoms with E-state index in [1.807, 2.05) is 0 Å². The van der Waals surface area contributed by atoms with Crippen LogP contribution in [0.4, 0.5) is 0 Å². The SMILES string of the molecule is COCc1nc(CCN2CCN(C)CC2)sc1CS. The van der Waals surface area contributed by atoms with Crippen molar-refractivity contribution < 1.29 is 4.74 Å². The van der Waals surface area contributed by atoms with E-state index in [0.29, 0.717) is 6.61 Å². The van der Waals surface area contributed by atoms with Crippen molar-refractivity contribution >= 4 is 24.0 Å². The molecule has 108 valence electrons. The summed E-state index contributed by atoms with van der Waals surface area (Å²) < 4.78 is 5.18. The lowest BCUT2D eigenvalue weighted by molar-refractivity contribution is 0.155. The molecule has 0 N–H and O–H groups in total. The van der Waals surface area contributed by atoms with Crippen molar-refractivity contribution in [2.45, 2.75) is 18.8 Å². The third-order valence-electron chi connectivity index (χ3n) is 3.48. The van der Waals surface area contributed by atoms with Gasteiger partial charge < -0.3 is 14.5 Å². The maximum absolute atomic E-state index is 5.18. The Morgan fingerprint density at radius 3 is 2.68 bits per heavy atom. The average Bonchev–Trinajstić information content (AvgIpc) is 2.81. The fraction of sp³-hybridized carbons (Fsp3) is 0.769. The highest BCUT2D eigenvalue weighted by molar-refractivity contribution is 7.79. The Kier molecular flexibility index (Phi) is 6.09. The molecule has 0 radical (unpaired) electrons. The zero-order valence-corrected chi connectivity index (χ0v) is 13.5. The summed E-state index contributed by atoms with van der Waals surface area (Å²) in [5, 5.41) is 1.22. The maximum atomic E-state index is 5.18. The van der Waals surface area contributed by atoms with E-state index >= 15 is 0 Å². The topological polar surface area (TPSA) is 28.6 Å². The van der Waals surface area contributed by atoms with Crippen LogP contribution >= 0.6 is 24.0 Å². The van der Waals surface area contributed by atoms with Gasteiger partial charge in [-0.3, -0.25) is 0 Å². The molecule has 0 saturated carbocycles. The number of ether oxygens (including phenoxy) is 1. The van der Waals surface area contributed by atoms with Crippen molar-refractivity contribution in [1.82, 2.24) is 14.8 Å². The molecule has 1 aromatic heterocycles. The number of rotatable bonds is 6. The minimum absolute atomic E-state index is 0.598. The molecular formula is C13H23N3OS2. The van der Waals surface area contributed by atoms with Crippen LogP contribution in [0.3, 0.4) is 0 Å². The number of thiazole rings is 1. The van der Waals surface area contributed by atoms with Crippen molar-refractivity contribution in [3.05, 3.63) is 15.6 Å². The standard InChI is InChI=1S/C13H23N3OS2/c1-15-5-7-16(8-6-15)4-3-13-14-11(9-17-2)12(10-18)19-13/h18H,3-10H2,1-2H3. The summed E-state index contributed by atoms with van der Waals surface area (Å²) in [6.07, 6.45) is 1.04. The molecule has 0 atom stereocenters. The first-order chi connectivity index (χ1) is 9.22. The number of likely N-dealkylation sites (N-methyl/N-ethyl adjacent to an activating group) is 1. The number of methoxy groups -OCH3 is 1. The van der Waals surface area contributed by atoms with Gasteiger partial charge in [0.25, 0.3) is 0 Å². The lowest BCUT2D eigenvalue weighted by Gasteiger charge is -2.32. The second-order valence-corrected chi connectivity index (χ2v) is 6.45. The molecular weight excluding hydrogens is 278 g/mol. The summed E-state index contributed by atoms with van der Waals surface area (Å²) in [6.45, 7) is 6.41. The second kappa shape index (κ2) is 7.59. The third kappa shape index (κ3) is 4.43. The highest BCUT2D eigenvalue weighted by atomic mass is 32.1. The molecule has 2 heterocycles. The van der Waals surface area contributed by atoms with Crippen molar-refractivity contribution in [2.24, 2.45) is 0 Å². The molecule has 0 amide bonds. The Hall–Kier alpha value is -0.140. The number of aromatic nitrogens is 1. The first kappa shape index (κ1) is 15.3. The molecule has 0 aromatic carbocycles. The Labute approximate surface area is 125 Å². The minimum atomic E-state index is 0.598. The average molecular weight is 301 g/mol. The van der Waals surface area contributed by atoms with E-state index in [-0.39, 0.29) is 0 Å². The number of hydrogen-bond donors (Lipinski definition) is 1. The van der Waals surface area contributed by atoms with Gasteiger partial charge in [0.2, 0.25) is 0 Å². The molecule has 1 fully saturated rings. The minimum Gasteiger partial charge on any atom is -0.378 e. The fourth-order valence-electron chi connectivity index (χ4n) is 2.24. The quantitative estimate of drug-likeness (QED) is 0.806. The monoisotopic (exact) mass is 301 g/mol. The predicted octanol–water partition coefficient (Wildman–Crippen LogP) is 1.51. The molecule has 6 heteroatoms. The van der Waals surface area contributed by atoms with Crippen molar-refractivity contribution in [3.8, 4) is 0 Å². The van der Waals surface area contributed by atoms with Gasteiger partial charge in [-0.2, -0.15) is 12.6 Å². The van der Waals surface area contributed by atoms with Gasteiger partial charge in [-0.25, -0.2) is 4.98 Å². The van der Waals surface area contributed by atoms with E-state index in [4.69, 9.17) is 4.74 Å². The van der Waals surface area contributed by atoms with E-state index in [9.17, 15) is 0 Å². The van der Waals surface area contributed by atoms with E-state index in [2.05, 4.69) is 34.5 Å². The molecule has 2 rings (SSSR count). The van der Waals surface area contributed by atoms with Gasteiger partial charge in [-0.15, -0.1) is 11.3 Å². The van der Waals surface area contributed by atoms with Crippen LogP contribution in [0, 0.1) is 0 Å². The third-order valence-corrected chi connectivity index (χ3v) is 5.17. The van der Waals surface area contributed by atoms with Gasteiger partial charge in [0.15, 0.2) is 0 Å². The fourth-order valence-corrected chi connectivity index (χ4v) is 3.54. The lowest BCUT2D eigenvalue weighted by Crippen LogP contribution is -2.45. The van der Waals surface area contributed by atoms with Crippen LogP contribution in [0.1, 0.15) is 15.6 Å². The van der Waals surface area contributed by atoms with Crippen LogP contribution in [-0.4, -0.2) is 61.7 Å². The number of hydrogen-bond acceptors (Lipinski definition) is 6. The van der Waals surface area contributed by atoms with Crippen molar-refractivity contribution in [2.75, 3.05) is 46.9 Å². The summed E-state index contributed by atoms with van der Waals surface area (Å²) in [6, 6.07) is 0. The van der Waals surface area contributed by atoms with Crippen LogP contribution in [0.2, 0.25) is 0 Å². The molecule has 0 aliphatic carbocycles. The molecule has 1 aromatic rings. The van der Waals surface area contributed by atoms with Crippen molar-refractivity contribution in [3.63, 3.8) is 0 Å². The Balaban J connectivity index is 1.85. The molecule has 4 nitrogen and oxygen atoms in total. The van der Waals surface area contributed by atoms with Crippen LogP contribution < -0.4 is 0 Å². The highest BCUT2D eigenvalue weighted by Gasteiger charge is 2.15. The molecule has 19 heavy (non-hydrogen) atoms. The predicted molar refractivity (Wildman–Crippen MR) is 83.2 cm³/mol. The van der Waals surface area contributed by atoms with Gasteiger partial charge in [-0.05, 0) is 7.05 Å². The van der Waals surface area contributed by atoms with E-state index in [1.54, 1.807) is 18.4 Å². The molecule has 1 aliphatic heterocycles. The Bertz CT molecular complexity index is 389. The largest absolute Gasteiger partial charge is 0.378 e. The van der Waals surface area contributed by atoms with E-state index < -0.39 is 0 Å². The molecule has 0 unspecified atom stereocenters. The summed E-state index contributed by atoms with van der Waals surface area (Å²) in [7, 11) is 3.90. The van der Waals surface area contributed by atoms with Gasteiger partial charge >= 0.3 is 0 Å².